The summed E-state index contributed by atoms with van der Waals surface area (Å²) in [7, 11) is 1.44. The minimum atomic E-state index is -1.16. The van der Waals surface area contributed by atoms with Crippen molar-refractivity contribution in [3.8, 4) is 0 Å². The van der Waals surface area contributed by atoms with Crippen molar-refractivity contribution in [2.45, 2.75) is 13.0 Å². The number of carbonyl (C=O) groups excluding carboxylic acids is 1. The standard InChI is InChI=1S/C20H14F4N4O2/c1-8(11-7-25-19(29)10-4-13(22)12(21)3-9(10)11)28(2)20(30)18-26-16-5-14(23)15(24)6-17(16)27-18/h3-8H,1-2H3,(H,25,29)(H,26,27)/t8-/m0/s1. The van der Waals surface area contributed by atoms with Crippen molar-refractivity contribution in [2.24, 2.45) is 0 Å². The van der Waals surface area contributed by atoms with Crippen molar-refractivity contribution >= 4 is 27.7 Å². The lowest BCUT2D eigenvalue weighted by molar-refractivity contribution is 0.0732. The zero-order valence-electron chi connectivity index (χ0n) is 15.7. The number of benzene rings is 2. The number of hydrogen-bond donors (Lipinski definition) is 2. The number of rotatable bonds is 3. The molecule has 154 valence electrons. The van der Waals surface area contributed by atoms with Crippen LogP contribution in [0.2, 0.25) is 0 Å². The van der Waals surface area contributed by atoms with Crippen molar-refractivity contribution in [1.29, 1.82) is 0 Å². The number of imidazole rings is 1. The first-order chi connectivity index (χ1) is 14.2. The van der Waals surface area contributed by atoms with Gasteiger partial charge in [0.05, 0.1) is 22.5 Å². The molecule has 1 amide bonds. The van der Waals surface area contributed by atoms with Gasteiger partial charge in [-0.2, -0.15) is 0 Å². The quantitative estimate of drug-likeness (QED) is 0.497. The molecular weight excluding hydrogens is 404 g/mol. The van der Waals surface area contributed by atoms with Crippen LogP contribution in [0.25, 0.3) is 21.8 Å². The predicted molar refractivity (Wildman–Crippen MR) is 101 cm³/mol. The van der Waals surface area contributed by atoms with E-state index in [0.717, 1.165) is 24.3 Å². The van der Waals surface area contributed by atoms with Gasteiger partial charge in [-0.05, 0) is 30.0 Å². The van der Waals surface area contributed by atoms with Crippen LogP contribution in [-0.2, 0) is 0 Å². The first kappa shape index (κ1) is 19.6. The van der Waals surface area contributed by atoms with Crippen LogP contribution in [-0.4, -0.2) is 32.8 Å². The second-order valence-electron chi connectivity index (χ2n) is 6.85. The van der Waals surface area contributed by atoms with Gasteiger partial charge in [0.2, 0.25) is 0 Å². The molecule has 2 aromatic heterocycles. The SMILES string of the molecule is C[C@@H](c1c[nH]c(=O)c2cc(F)c(F)cc12)N(C)C(=O)c1nc2cc(F)c(F)cc2[nH]1. The molecule has 30 heavy (non-hydrogen) atoms. The maximum atomic E-state index is 13.8. The summed E-state index contributed by atoms with van der Waals surface area (Å²) in [6.45, 7) is 1.62. The minimum absolute atomic E-state index is 0.0613. The fraction of sp³-hybridized carbons (Fsp3) is 0.150. The summed E-state index contributed by atoms with van der Waals surface area (Å²) in [5.41, 5.74) is -0.0154. The Labute approximate surface area is 166 Å². The fourth-order valence-electron chi connectivity index (χ4n) is 3.28. The number of pyridine rings is 1. The highest BCUT2D eigenvalue weighted by Crippen LogP contribution is 2.28. The van der Waals surface area contributed by atoms with E-state index in [4.69, 9.17) is 0 Å². The van der Waals surface area contributed by atoms with E-state index in [-0.39, 0.29) is 27.6 Å². The Morgan fingerprint density at radius 1 is 1.00 bits per heavy atom. The van der Waals surface area contributed by atoms with Crippen molar-refractivity contribution in [1.82, 2.24) is 19.9 Å². The molecule has 2 heterocycles. The molecule has 2 N–H and O–H groups in total. The highest BCUT2D eigenvalue weighted by molar-refractivity contribution is 5.95. The molecule has 4 rings (SSSR count). The van der Waals surface area contributed by atoms with Crippen molar-refractivity contribution in [3.05, 3.63) is 75.5 Å². The van der Waals surface area contributed by atoms with E-state index in [2.05, 4.69) is 15.0 Å². The largest absolute Gasteiger partial charge is 0.334 e. The van der Waals surface area contributed by atoms with Crippen LogP contribution < -0.4 is 5.56 Å². The fourth-order valence-corrected chi connectivity index (χ4v) is 3.28. The van der Waals surface area contributed by atoms with Crippen LogP contribution in [0.4, 0.5) is 17.6 Å². The molecule has 0 fully saturated rings. The number of halogens is 4. The van der Waals surface area contributed by atoms with Crippen LogP contribution in [0.5, 0.6) is 0 Å². The minimum Gasteiger partial charge on any atom is -0.334 e. The third-order valence-electron chi connectivity index (χ3n) is 5.05. The maximum absolute atomic E-state index is 13.8. The summed E-state index contributed by atoms with van der Waals surface area (Å²) in [6, 6.07) is 2.77. The molecule has 0 unspecified atom stereocenters. The Hall–Kier alpha value is -3.69. The van der Waals surface area contributed by atoms with Crippen molar-refractivity contribution in [2.75, 3.05) is 7.05 Å². The second-order valence-corrected chi connectivity index (χ2v) is 6.85. The average Bonchev–Trinajstić information content (AvgIpc) is 3.11. The summed E-state index contributed by atoms with van der Waals surface area (Å²) in [5.74, 6) is -5.23. The third kappa shape index (κ3) is 3.10. The van der Waals surface area contributed by atoms with Gasteiger partial charge in [-0.15, -0.1) is 0 Å². The van der Waals surface area contributed by atoms with Gasteiger partial charge >= 0.3 is 0 Å². The zero-order valence-corrected chi connectivity index (χ0v) is 15.7. The van der Waals surface area contributed by atoms with E-state index >= 15 is 0 Å². The lowest BCUT2D eigenvalue weighted by Crippen LogP contribution is -2.31. The molecule has 0 aliphatic rings. The zero-order chi connectivity index (χ0) is 21.7. The van der Waals surface area contributed by atoms with E-state index < -0.39 is 40.8 Å². The van der Waals surface area contributed by atoms with E-state index in [0.29, 0.717) is 5.56 Å². The summed E-state index contributed by atoms with van der Waals surface area (Å²) < 4.78 is 54.2. The average molecular weight is 418 g/mol. The molecule has 2 aromatic carbocycles. The molecule has 10 heteroatoms. The first-order valence-corrected chi connectivity index (χ1v) is 8.79. The molecule has 0 bridgehead atoms. The summed E-state index contributed by atoms with van der Waals surface area (Å²) in [6.07, 6.45) is 1.32. The topological polar surface area (TPSA) is 81.8 Å². The molecule has 6 nitrogen and oxygen atoms in total. The molecular formula is C20H14F4N4O2. The molecule has 0 saturated heterocycles. The monoisotopic (exact) mass is 418 g/mol. The van der Waals surface area contributed by atoms with Crippen LogP contribution in [0.1, 0.15) is 29.1 Å². The van der Waals surface area contributed by atoms with Crippen LogP contribution >= 0.6 is 0 Å². The van der Waals surface area contributed by atoms with Crippen LogP contribution in [0, 0.1) is 23.3 Å². The Kier molecular flexibility index (Phi) is 4.56. The number of H-pyrrole nitrogens is 2. The molecule has 1 atom stereocenters. The molecule has 0 saturated carbocycles. The number of amides is 1. The number of hydrogen-bond acceptors (Lipinski definition) is 3. The number of aromatic amines is 2. The smallest absolute Gasteiger partial charge is 0.289 e. The van der Waals surface area contributed by atoms with Gasteiger partial charge in [-0.1, -0.05) is 0 Å². The summed E-state index contributed by atoms with van der Waals surface area (Å²) in [5, 5.41) is 0.0901. The maximum Gasteiger partial charge on any atom is 0.289 e. The Morgan fingerprint density at radius 2 is 1.60 bits per heavy atom. The van der Waals surface area contributed by atoms with Crippen molar-refractivity contribution in [3.63, 3.8) is 0 Å². The lowest BCUT2D eigenvalue weighted by Gasteiger charge is -2.25. The number of carbonyl (C=O) groups is 1. The van der Waals surface area contributed by atoms with Gasteiger partial charge in [-0.3, -0.25) is 9.59 Å². The highest BCUT2D eigenvalue weighted by Gasteiger charge is 2.24. The van der Waals surface area contributed by atoms with Crippen molar-refractivity contribution < 1.29 is 22.4 Å². The molecule has 4 aromatic rings. The van der Waals surface area contributed by atoms with Gasteiger partial charge in [-0.25, -0.2) is 22.5 Å². The summed E-state index contributed by atoms with van der Waals surface area (Å²) >= 11 is 0. The van der Waals surface area contributed by atoms with E-state index in [1.807, 2.05) is 0 Å². The van der Waals surface area contributed by atoms with E-state index in [9.17, 15) is 27.2 Å². The second kappa shape index (κ2) is 6.97. The first-order valence-electron chi connectivity index (χ1n) is 8.79. The number of nitrogens with zero attached hydrogens (tertiary/aromatic N) is 2. The number of aromatic nitrogens is 3. The normalized spacial score (nSPS) is 12.5. The molecule has 0 radical (unpaired) electrons. The third-order valence-corrected chi connectivity index (χ3v) is 5.05. The number of nitrogens with one attached hydrogen (secondary N) is 2. The predicted octanol–water partition coefficient (Wildman–Crippen LogP) is 3.79. The van der Waals surface area contributed by atoms with Gasteiger partial charge in [0.25, 0.3) is 11.5 Å². The molecule has 0 aliphatic carbocycles. The van der Waals surface area contributed by atoms with E-state index in [1.54, 1.807) is 6.92 Å². The number of fused-ring (bicyclic) bond motifs is 2. The molecule has 0 aliphatic heterocycles. The van der Waals surface area contributed by atoms with Gasteiger partial charge in [0.1, 0.15) is 0 Å². The Morgan fingerprint density at radius 3 is 2.30 bits per heavy atom. The molecule has 0 spiro atoms. The van der Waals surface area contributed by atoms with Gasteiger partial charge in [0.15, 0.2) is 29.1 Å². The lowest BCUT2D eigenvalue weighted by atomic mass is 10.0. The van der Waals surface area contributed by atoms with E-state index in [1.165, 1.54) is 18.1 Å². The highest BCUT2D eigenvalue weighted by atomic mass is 19.2. The van der Waals surface area contributed by atoms with Gasteiger partial charge < -0.3 is 14.9 Å². The Bertz CT molecular complexity index is 1340. The Balaban J connectivity index is 1.74. The van der Waals surface area contributed by atoms with Crippen LogP contribution in [0.3, 0.4) is 0 Å². The van der Waals surface area contributed by atoms with Gasteiger partial charge in [0, 0.05) is 25.4 Å². The van der Waals surface area contributed by atoms with Crippen LogP contribution in [0.15, 0.2) is 35.3 Å². The summed E-state index contributed by atoms with van der Waals surface area (Å²) in [4.78, 5) is 35.2.